The molecule has 0 atom stereocenters. The molecule has 0 aliphatic rings. The van der Waals surface area contributed by atoms with Crippen LogP contribution in [0.3, 0.4) is 0 Å². The average Bonchev–Trinajstić information content (AvgIpc) is 2.93. The zero-order chi connectivity index (χ0) is 13.8. The van der Waals surface area contributed by atoms with Crippen LogP contribution in [0.5, 0.6) is 0 Å². The summed E-state index contributed by atoms with van der Waals surface area (Å²) in [5.41, 5.74) is 3.47. The second kappa shape index (κ2) is 6.02. The first-order chi connectivity index (χ1) is 9.10. The van der Waals surface area contributed by atoms with E-state index in [1.54, 1.807) is 0 Å². The summed E-state index contributed by atoms with van der Waals surface area (Å²) in [6.07, 6.45) is 1.86. The summed E-state index contributed by atoms with van der Waals surface area (Å²) in [7, 11) is 0. The van der Waals surface area contributed by atoms with Crippen LogP contribution in [-0.4, -0.2) is 25.6 Å². The normalized spacial score (nSPS) is 11.4. The van der Waals surface area contributed by atoms with Crippen molar-refractivity contribution in [2.45, 2.75) is 53.4 Å². The van der Waals surface area contributed by atoms with E-state index in [2.05, 4.69) is 48.4 Å². The van der Waals surface area contributed by atoms with Crippen molar-refractivity contribution in [3.8, 4) is 0 Å². The van der Waals surface area contributed by atoms with E-state index in [0.29, 0.717) is 6.04 Å². The number of nitrogens with one attached hydrogen (secondary N) is 1. The molecular formula is C14H23N5. The Morgan fingerprint density at radius 2 is 2.05 bits per heavy atom. The summed E-state index contributed by atoms with van der Waals surface area (Å²) >= 11 is 0. The van der Waals surface area contributed by atoms with Crippen LogP contribution in [0, 0.1) is 6.92 Å². The Hall–Kier alpha value is -1.62. The highest BCUT2D eigenvalue weighted by Gasteiger charge is 2.08. The Bertz CT molecular complexity index is 524. The van der Waals surface area contributed by atoms with Gasteiger partial charge in [0.25, 0.3) is 0 Å². The second-order valence-electron chi connectivity index (χ2n) is 5.11. The minimum atomic E-state index is 0.478. The highest BCUT2D eigenvalue weighted by molar-refractivity contribution is 5.11. The van der Waals surface area contributed by atoms with Gasteiger partial charge >= 0.3 is 0 Å². The summed E-state index contributed by atoms with van der Waals surface area (Å²) in [5, 5.41) is 12.3. The molecule has 0 radical (unpaired) electrons. The van der Waals surface area contributed by atoms with Crippen LogP contribution in [0.15, 0.2) is 18.3 Å². The van der Waals surface area contributed by atoms with E-state index >= 15 is 0 Å². The van der Waals surface area contributed by atoms with Gasteiger partial charge in [-0.3, -0.25) is 9.36 Å². The van der Waals surface area contributed by atoms with Crippen LogP contribution < -0.4 is 5.32 Å². The van der Waals surface area contributed by atoms with Crippen LogP contribution in [0.4, 0.5) is 0 Å². The average molecular weight is 261 g/mol. The fourth-order valence-corrected chi connectivity index (χ4v) is 2.11. The van der Waals surface area contributed by atoms with E-state index in [0.717, 1.165) is 25.3 Å². The lowest BCUT2D eigenvalue weighted by Gasteiger charge is -2.11. The molecule has 0 unspecified atom stereocenters. The Morgan fingerprint density at radius 3 is 2.74 bits per heavy atom. The van der Waals surface area contributed by atoms with Crippen LogP contribution in [0.2, 0.25) is 0 Å². The first-order valence-corrected chi connectivity index (χ1v) is 6.87. The van der Waals surface area contributed by atoms with Gasteiger partial charge in [-0.15, -0.1) is 0 Å². The molecule has 0 fully saturated rings. The van der Waals surface area contributed by atoms with Crippen LogP contribution in [-0.2, 0) is 19.6 Å². The molecule has 0 aliphatic carbocycles. The number of aryl methyl sites for hydroxylation is 2. The highest BCUT2D eigenvalue weighted by Crippen LogP contribution is 2.08. The molecule has 0 bridgehead atoms. The van der Waals surface area contributed by atoms with E-state index in [-0.39, 0.29) is 0 Å². The standard InChI is InChI=1S/C14H23N5/c1-5-18-14(8-12(4)17-18)10-19-13(6-7-16-19)9-15-11(2)3/h6-8,11,15H,5,9-10H2,1-4H3. The molecule has 0 aromatic carbocycles. The van der Waals surface area contributed by atoms with Crippen molar-refractivity contribution >= 4 is 0 Å². The zero-order valence-corrected chi connectivity index (χ0v) is 12.2. The molecule has 19 heavy (non-hydrogen) atoms. The number of hydrogen-bond donors (Lipinski definition) is 1. The second-order valence-corrected chi connectivity index (χ2v) is 5.11. The van der Waals surface area contributed by atoms with Crippen molar-refractivity contribution in [2.24, 2.45) is 0 Å². The highest BCUT2D eigenvalue weighted by atomic mass is 15.3. The maximum Gasteiger partial charge on any atom is 0.0832 e. The van der Waals surface area contributed by atoms with Crippen LogP contribution in [0.25, 0.3) is 0 Å². The van der Waals surface area contributed by atoms with Gasteiger partial charge in [-0.25, -0.2) is 0 Å². The van der Waals surface area contributed by atoms with Crippen molar-refractivity contribution in [1.29, 1.82) is 0 Å². The van der Waals surface area contributed by atoms with Crippen molar-refractivity contribution in [2.75, 3.05) is 0 Å². The maximum atomic E-state index is 4.47. The van der Waals surface area contributed by atoms with Gasteiger partial charge in [-0.05, 0) is 26.0 Å². The Labute approximate surface area is 114 Å². The van der Waals surface area contributed by atoms with Gasteiger partial charge < -0.3 is 5.32 Å². The molecule has 0 amide bonds. The van der Waals surface area contributed by atoms with Crippen molar-refractivity contribution < 1.29 is 0 Å². The van der Waals surface area contributed by atoms with Crippen molar-refractivity contribution in [3.05, 3.63) is 35.4 Å². The molecule has 2 rings (SSSR count). The molecule has 0 saturated carbocycles. The summed E-state index contributed by atoms with van der Waals surface area (Å²) in [5.74, 6) is 0. The number of hydrogen-bond acceptors (Lipinski definition) is 3. The lowest BCUT2D eigenvalue weighted by molar-refractivity contribution is 0.528. The fraction of sp³-hybridized carbons (Fsp3) is 0.571. The van der Waals surface area contributed by atoms with E-state index in [9.17, 15) is 0 Å². The minimum Gasteiger partial charge on any atom is -0.309 e. The lowest BCUT2D eigenvalue weighted by Crippen LogP contribution is -2.24. The number of rotatable bonds is 6. The zero-order valence-electron chi connectivity index (χ0n) is 12.2. The molecular weight excluding hydrogens is 238 g/mol. The van der Waals surface area contributed by atoms with Gasteiger partial charge in [0.15, 0.2) is 0 Å². The molecule has 104 valence electrons. The number of nitrogens with zero attached hydrogens (tertiary/aromatic N) is 4. The Morgan fingerprint density at radius 1 is 1.26 bits per heavy atom. The van der Waals surface area contributed by atoms with E-state index in [4.69, 9.17) is 0 Å². The van der Waals surface area contributed by atoms with Crippen LogP contribution in [0.1, 0.15) is 37.9 Å². The molecule has 2 aromatic rings. The molecule has 2 aromatic heterocycles. The van der Waals surface area contributed by atoms with Gasteiger partial charge in [0.1, 0.15) is 0 Å². The molecule has 5 heteroatoms. The third-order valence-electron chi connectivity index (χ3n) is 3.09. The first-order valence-electron chi connectivity index (χ1n) is 6.87. The largest absolute Gasteiger partial charge is 0.309 e. The van der Waals surface area contributed by atoms with Gasteiger partial charge in [0.05, 0.1) is 23.6 Å². The van der Waals surface area contributed by atoms with Crippen molar-refractivity contribution in [3.63, 3.8) is 0 Å². The smallest absolute Gasteiger partial charge is 0.0832 e. The quantitative estimate of drug-likeness (QED) is 0.864. The summed E-state index contributed by atoms with van der Waals surface area (Å²) in [4.78, 5) is 0. The molecule has 1 N–H and O–H groups in total. The summed E-state index contributed by atoms with van der Waals surface area (Å²) in [6.45, 7) is 10.9. The molecule has 0 spiro atoms. The molecule has 5 nitrogen and oxygen atoms in total. The van der Waals surface area contributed by atoms with Gasteiger partial charge in [-0.2, -0.15) is 10.2 Å². The molecule has 2 heterocycles. The van der Waals surface area contributed by atoms with Crippen LogP contribution >= 0.6 is 0 Å². The van der Waals surface area contributed by atoms with E-state index in [1.165, 1.54) is 11.4 Å². The van der Waals surface area contributed by atoms with Gasteiger partial charge in [0.2, 0.25) is 0 Å². The summed E-state index contributed by atoms with van der Waals surface area (Å²) < 4.78 is 4.08. The van der Waals surface area contributed by atoms with Gasteiger partial charge in [-0.1, -0.05) is 13.8 Å². The summed E-state index contributed by atoms with van der Waals surface area (Å²) in [6, 6.07) is 4.67. The SMILES string of the molecule is CCn1nc(C)cc1Cn1nccc1CNC(C)C. The molecule has 0 saturated heterocycles. The van der Waals surface area contributed by atoms with E-state index in [1.807, 2.05) is 22.5 Å². The Balaban J connectivity index is 2.12. The third-order valence-corrected chi connectivity index (χ3v) is 3.09. The monoisotopic (exact) mass is 261 g/mol. The third kappa shape index (κ3) is 3.44. The van der Waals surface area contributed by atoms with Crippen molar-refractivity contribution in [1.82, 2.24) is 24.9 Å². The first kappa shape index (κ1) is 13.8. The fourth-order valence-electron chi connectivity index (χ4n) is 2.11. The van der Waals surface area contributed by atoms with Gasteiger partial charge in [0, 0.05) is 25.3 Å². The Kier molecular flexibility index (Phi) is 4.37. The lowest BCUT2D eigenvalue weighted by atomic mass is 10.3. The predicted octanol–water partition coefficient (Wildman–Crippen LogP) is 1.95. The molecule has 0 aliphatic heterocycles. The topological polar surface area (TPSA) is 47.7 Å². The number of aromatic nitrogens is 4. The maximum absolute atomic E-state index is 4.47. The van der Waals surface area contributed by atoms with E-state index < -0.39 is 0 Å². The predicted molar refractivity (Wildman–Crippen MR) is 75.9 cm³/mol. The minimum absolute atomic E-state index is 0.478.